The number of amides is 2. The Labute approximate surface area is 158 Å². The molecular formula is C16H20ClN5O3S. The molecule has 1 aromatic carbocycles. The third-order valence-corrected chi connectivity index (χ3v) is 4.65. The number of hydrogen-bond acceptors (Lipinski definition) is 4. The molecule has 0 spiro atoms. The minimum atomic E-state index is -3.72. The molecule has 0 aliphatic carbocycles. The van der Waals surface area contributed by atoms with Gasteiger partial charge in [0.1, 0.15) is 5.82 Å². The molecule has 8 nitrogen and oxygen atoms in total. The number of carbonyl (C=O) groups is 1. The Balaban J connectivity index is 0.00000243. The van der Waals surface area contributed by atoms with Crippen molar-refractivity contribution in [1.82, 2.24) is 14.6 Å². The standard InChI is InChI=1S/C16H19N5O3S.ClH/c1-20-10-14-13(7-8-18-15(14)21(2)16(20)22)12-5-3-11(4-6-12)9-19-25(17,23)24;/h3-8,19H,9-10H2,1-2H3,(H2,17,23,24);1H. The molecule has 0 saturated carbocycles. The number of urea groups is 1. The van der Waals surface area contributed by atoms with Crippen molar-refractivity contribution in [3.05, 3.63) is 47.7 Å². The minimum absolute atomic E-state index is 0. The van der Waals surface area contributed by atoms with Gasteiger partial charge in [-0.25, -0.2) is 14.9 Å². The van der Waals surface area contributed by atoms with Gasteiger partial charge in [-0.15, -0.1) is 12.4 Å². The predicted octanol–water partition coefficient (Wildman–Crippen LogP) is 1.47. The first-order valence-electron chi connectivity index (χ1n) is 7.59. The minimum Gasteiger partial charge on any atom is -0.323 e. The summed E-state index contributed by atoms with van der Waals surface area (Å²) in [5.74, 6) is 0.653. The Morgan fingerprint density at radius 1 is 1.19 bits per heavy atom. The summed E-state index contributed by atoms with van der Waals surface area (Å²) in [5.41, 5.74) is 3.73. The van der Waals surface area contributed by atoms with E-state index < -0.39 is 10.2 Å². The lowest BCUT2D eigenvalue weighted by Gasteiger charge is -2.32. The van der Waals surface area contributed by atoms with Gasteiger partial charge in [0, 0.05) is 32.4 Å². The summed E-state index contributed by atoms with van der Waals surface area (Å²) in [5, 5.41) is 4.94. The van der Waals surface area contributed by atoms with Crippen LogP contribution >= 0.6 is 12.4 Å². The molecule has 1 aliphatic heterocycles. The van der Waals surface area contributed by atoms with E-state index in [1.807, 2.05) is 30.3 Å². The lowest BCUT2D eigenvalue weighted by Crippen LogP contribution is -2.43. The number of hydrogen-bond donors (Lipinski definition) is 2. The van der Waals surface area contributed by atoms with E-state index in [0.29, 0.717) is 12.4 Å². The molecule has 0 unspecified atom stereocenters. The summed E-state index contributed by atoms with van der Waals surface area (Å²) in [6.07, 6.45) is 1.68. The van der Waals surface area contributed by atoms with Crippen molar-refractivity contribution in [1.29, 1.82) is 0 Å². The molecule has 10 heteroatoms. The molecule has 0 saturated heterocycles. The van der Waals surface area contributed by atoms with Crippen LogP contribution in [0, 0.1) is 0 Å². The number of anilines is 1. The van der Waals surface area contributed by atoms with Crippen LogP contribution in [0.25, 0.3) is 11.1 Å². The molecule has 2 heterocycles. The Bertz CT molecular complexity index is 918. The van der Waals surface area contributed by atoms with Gasteiger partial charge in [-0.2, -0.15) is 13.1 Å². The molecule has 140 valence electrons. The van der Waals surface area contributed by atoms with E-state index in [9.17, 15) is 13.2 Å². The van der Waals surface area contributed by atoms with Crippen LogP contribution in [0.4, 0.5) is 10.6 Å². The summed E-state index contributed by atoms with van der Waals surface area (Å²) in [4.78, 5) is 19.6. The Hall–Kier alpha value is -2.20. The van der Waals surface area contributed by atoms with Crippen LogP contribution in [0.1, 0.15) is 11.1 Å². The maximum Gasteiger partial charge on any atom is 0.325 e. The molecule has 2 amide bonds. The molecule has 1 aromatic heterocycles. The van der Waals surface area contributed by atoms with Gasteiger partial charge in [0.25, 0.3) is 10.2 Å². The maximum atomic E-state index is 12.1. The topological polar surface area (TPSA) is 109 Å². The Kier molecular flexibility index (Phi) is 5.87. The van der Waals surface area contributed by atoms with Crippen molar-refractivity contribution in [2.75, 3.05) is 19.0 Å². The highest BCUT2D eigenvalue weighted by Gasteiger charge is 2.28. The van der Waals surface area contributed by atoms with Crippen LogP contribution in [0.5, 0.6) is 0 Å². The molecular weight excluding hydrogens is 378 g/mol. The number of halogens is 1. The van der Waals surface area contributed by atoms with Gasteiger partial charge in [-0.1, -0.05) is 24.3 Å². The number of rotatable bonds is 4. The third kappa shape index (κ3) is 4.13. The van der Waals surface area contributed by atoms with Gasteiger partial charge in [0.2, 0.25) is 0 Å². The monoisotopic (exact) mass is 397 g/mol. The fraction of sp³-hybridized carbons (Fsp3) is 0.250. The zero-order valence-electron chi connectivity index (χ0n) is 14.3. The van der Waals surface area contributed by atoms with Crippen LogP contribution in [-0.4, -0.2) is 38.4 Å². The van der Waals surface area contributed by atoms with Gasteiger partial charge in [-0.3, -0.25) is 4.90 Å². The Morgan fingerprint density at radius 3 is 2.46 bits per heavy atom. The molecule has 3 N–H and O–H groups in total. The van der Waals surface area contributed by atoms with Gasteiger partial charge in [-0.05, 0) is 22.8 Å². The van der Waals surface area contributed by atoms with Crippen LogP contribution < -0.4 is 14.8 Å². The van der Waals surface area contributed by atoms with Crippen molar-refractivity contribution >= 4 is 34.5 Å². The van der Waals surface area contributed by atoms with Gasteiger partial charge in [0.05, 0.1) is 6.54 Å². The number of carbonyl (C=O) groups excluding carboxylic acids is 1. The fourth-order valence-electron chi connectivity index (χ4n) is 2.83. The Morgan fingerprint density at radius 2 is 1.85 bits per heavy atom. The van der Waals surface area contributed by atoms with E-state index in [1.54, 1.807) is 25.2 Å². The first-order chi connectivity index (χ1) is 11.8. The highest BCUT2D eigenvalue weighted by Crippen LogP contribution is 2.33. The summed E-state index contributed by atoms with van der Waals surface area (Å²) in [6.45, 7) is 0.615. The van der Waals surface area contributed by atoms with Crippen LogP contribution in [-0.2, 0) is 23.3 Å². The number of aromatic nitrogens is 1. The third-order valence-electron chi connectivity index (χ3n) is 4.10. The van der Waals surface area contributed by atoms with Crippen molar-refractivity contribution < 1.29 is 13.2 Å². The second-order valence-corrected chi connectivity index (χ2v) is 7.30. The molecule has 1 aliphatic rings. The van der Waals surface area contributed by atoms with Crippen molar-refractivity contribution in [2.24, 2.45) is 5.14 Å². The first-order valence-corrected chi connectivity index (χ1v) is 9.14. The van der Waals surface area contributed by atoms with E-state index in [4.69, 9.17) is 5.14 Å². The summed E-state index contributed by atoms with van der Waals surface area (Å²) < 4.78 is 24.2. The number of nitrogens with two attached hydrogens (primary N) is 1. The SMILES string of the molecule is CN1Cc2c(-c3ccc(CNS(N)(=O)=O)cc3)ccnc2N(C)C1=O.Cl. The quantitative estimate of drug-likeness (QED) is 0.813. The zero-order valence-corrected chi connectivity index (χ0v) is 16.0. The fourth-order valence-corrected chi connectivity index (χ4v) is 3.20. The maximum absolute atomic E-state index is 12.1. The number of fused-ring (bicyclic) bond motifs is 1. The average Bonchev–Trinajstić information content (AvgIpc) is 2.57. The van der Waals surface area contributed by atoms with Crippen LogP contribution in [0.3, 0.4) is 0 Å². The molecule has 26 heavy (non-hydrogen) atoms. The molecule has 0 radical (unpaired) electrons. The number of nitrogens with one attached hydrogen (secondary N) is 1. The van der Waals surface area contributed by atoms with E-state index in [-0.39, 0.29) is 25.0 Å². The van der Waals surface area contributed by atoms with E-state index >= 15 is 0 Å². The highest BCUT2D eigenvalue weighted by molar-refractivity contribution is 7.87. The van der Waals surface area contributed by atoms with Crippen molar-refractivity contribution in [2.45, 2.75) is 13.1 Å². The number of nitrogens with zero attached hydrogens (tertiary/aromatic N) is 3. The van der Waals surface area contributed by atoms with Gasteiger partial charge >= 0.3 is 6.03 Å². The average molecular weight is 398 g/mol. The predicted molar refractivity (Wildman–Crippen MR) is 102 cm³/mol. The molecule has 0 atom stereocenters. The normalized spacial score (nSPS) is 14.0. The lowest BCUT2D eigenvalue weighted by atomic mass is 9.98. The number of pyridine rings is 1. The zero-order chi connectivity index (χ0) is 18.2. The highest BCUT2D eigenvalue weighted by atomic mass is 35.5. The van der Waals surface area contributed by atoms with Crippen LogP contribution in [0.15, 0.2) is 36.5 Å². The lowest BCUT2D eigenvalue weighted by molar-refractivity contribution is 0.212. The van der Waals surface area contributed by atoms with E-state index in [1.165, 1.54) is 4.90 Å². The summed E-state index contributed by atoms with van der Waals surface area (Å²) in [7, 11) is -0.261. The summed E-state index contributed by atoms with van der Waals surface area (Å²) in [6, 6.07) is 9.30. The van der Waals surface area contributed by atoms with E-state index in [0.717, 1.165) is 22.3 Å². The summed E-state index contributed by atoms with van der Waals surface area (Å²) >= 11 is 0. The molecule has 3 rings (SSSR count). The van der Waals surface area contributed by atoms with Crippen molar-refractivity contribution in [3.8, 4) is 11.1 Å². The largest absolute Gasteiger partial charge is 0.325 e. The molecule has 2 aromatic rings. The smallest absolute Gasteiger partial charge is 0.323 e. The van der Waals surface area contributed by atoms with E-state index in [2.05, 4.69) is 9.71 Å². The first kappa shape index (κ1) is 20.1. The van der Waals surface area contributed by atoms with Crippen molar-refractivity contribution in [3.63, 3.8) is 0 Å². The second-order valence-electron chi connectivity index (χ2n) is 5.92. The second kappa shape index (κ2) is 7.58. The van der Waals surface area contributed by atoms with Crippen LogP contribution in [0.2, 0.25) is 0 Å². The number of benzene rings is 1. The molecule has 0 fully saturated rings. The van der Waals surface area contributed by atoms with Gasteiger partial charge < -0.3 is 4.90 Å². The van der Waals surface area contributed by atoms with Gasteiger partial charge in [0.15, 0.2) is 0 Å². The molecule has 0 bridgehead atoms.